The van der Waals surface area contributed by atoms with Crippen LogP contribution in [-0.4, -0.2) is 37.3 Å². The molecule has 0 atom stereocenters. The third-order valence-corrected chi connectivity index (χ3v) is 8.18. The van der Waals surface area contributed by atoms with Crippen molar-refractivity contribution < 1.29 is 14.9 Å². The molecule has 5 heterocycles. The van der Waals surface area contributed by atoms with Gasteiger partial charge in [0.1, 0.15) is 0 Å². The molecule has 0 fully saturated rings. The average molecular weight is 566 g/mol. The van der Waals surface area contributed by atoms with Gasteiger partial charge in [0.05, 0.1) is 45.5 Å². The summed E-state index contributed by atoms with van der Waals surface area (Å²) < 4.78 is 6.72. The predicted octanol–water partition coefficient (Wildman–Crippen LogP) is 5.50. The van der Waals surface area contributed by atoms with Gasteiger partial charge >= 0.3 is 0 Å². The molecule has 37 heavy (non-hydrogen) atoms. The zero-order valence-corrected chi connectivity index (χ0v) is 23.9. The minimum atomic E-state index is -0.250. The summed E-state index contributed by atoms with van der Waals surface area (Å²) in [5, 5.41) is 22.4. The van der Waals surface area contributed by atoms with Crippen LogP contribution in [0.4, 0.5) is 0 Å². The average Bonchev–Trinajstić information content (AvgIpc) is 3.53. The number of aromatic nitrogens is 4. The molecule has 0 aromatic carbocycles. The molecule has 0 saturated carbocycles. The second-order valence-electron chi connectivity index (χ2n) is 11.3. The number of methoxy groups -OCH3 is 1. The monoisotopic (exact) mass is 564 g/mol. The maximum absolute atomic E-state index is 10.5. The van der Waals surface area contributed by atoms with E-state index in [4.69, 9.17) is 14.7 Å². The normalized spacial score (nSPS) is 17.9. The zero-order valence-electron chi connectivity index (χ0n) is 22.3. The Morgan fingerprint density at radius 3 is 1.78 bits per heavy atom. The van der Waals surface area contributed by atoms with Gasteiger partial charge in [-0.25, -0.2) is 0 Å². The van der Waals surface area contributed by atoms with Crippen molar-refractivity contribution in [2.24, 2.45) is 0 Å². The van der Waals surface area contributed by atoms with Crippen molar-refractivity contribution in [1.82, 2.24) is 19.9 Å². The third-order valence-electron chi connectivity index (χ3n) is 7.32. The SMILES string of the molecule is COc1c2nc(cc3cc(=C(C)O)c([nH]3)c(Br)c3nc(cc4cc(=C(C)O)c1[nH]4)C(C)(C)C3)C(C)(C)C2. The van der Waals surface area contributed by atoms with E-state index in [0.29, 0.717) is 22.9 Å². The number of fused-ring (bicyclic) bond motifs is 8. The van der Waals surface area contributed by atoms with Gasteiger partial charge in [0, 0.05) is 56.5 Å². The Bertz CT molecular complexity index is 1720. The molecule has 0 spiro atoms. The van der Waals surface area contributed by atoms with Crippen molar-refractivity contribution >= 4 is 49.5 Å². The molecule has 3 aromatic heterocycles. The van der Waals surface area contributed by atoms with Crippen molar-refractivity contribution in [2.45, 2.75) is 65.2 Å². The molecule has 0 saturated heterocycles. The quantitative estimate of drug-likeness (QED) is 0.312. The molecule has 0 unspecified atom stereocenters. The largest absolute Gasteiger partial charge is 0.512 e. The highest BCUT2D eigenvalue weighted by Crippen LogP contribution is 2.37. The lowest BCUT2D eigenvalue weighted by Gasteiger charge is -2.16. The Hall–Kier alpha value is -3.26. The second-order valence-corrected chi connectivity index (χ2v) is 12.1. The predicted molar refractivity (Wildman–Crippen MR) is 151 cm³/mol. The summed E-state index contributed by atoms with van der Waals surface area (Å²) in [5.41, 5.74) is 6.19. The van der Waals surface area contributed by atoms with Crippen molar-refractivity contribution in [3.63, 3.8) is 0 Å². The van der Waals surface area contributed by atoms with E-state index in [1.165, 1.54) is 0 Å². The lowest BCUT2D eigenvalue weighted by Crippen LogP contribution is -2.15. The Labute approximate surface area is 224 Å². The van der Waals surface area contributed by atoms with Crippen LogP contribution < -0.4 is 15.2 Å². The van der Waals surface area contributed by atoms with Crippen LogP contribution in [0.15, 0.2) is 28.7 Å². The first kappa shape index (κ1) is 25.4. The van der Waals surface area contributed by atoms with E-state index in [-0.39, 0.29) is 22.3 Å². The van der Waals surface area contributed by atoms with Gasteiger partial charge in [-0.3, -0.25) is 9.97 Å². The molecule has 4 N–H and O–H groups in total. The minimum Gasteiger partial charge on any atom is -0.512 e. The summed E-state index contributed by atoms with van der Waals surface area (Å²) in [5.74, 6) is 1.03. The topological polar surface area (TPSA) is 107 Å². The molecule has 0 aliphatic carbocycles. The van der Waals surface area contributed by atoms with Crippen molar-refractivity contribution in [1.29, 1.82) is 0 Å². The molecule has 7 nitrogen and oxygen atoms in total. The summed E-state index contributed by atoms with van der Waals surface area (Å²) >= 11 is 3.79. The standard InChI is InChI=1S/C29H33BrN4O3/c1-14(35)18-8-16-10-23-29(5,6)13-21(34-23)27(37-7)26-19(15(2)36)9-17(32-26)11-22-28(3,4)12-20(33-22)24(30)25(18)31-16/h8-11,31-32,35-36H,12-13H2,1-7H3. The number of H-pyrrole nitrogens is 2. The fourth-order valence-corrected chi connectivity index (χ4v) is 5.78. The number of aromatic amines is 2. The molecular weight excluding hydrogens is 532 g/mol. The Kier molecular flexibility index (Phi) is 5.94. The second kappa shape index (κ2) is 8.65. The summed E-state index contributed by atoms with van der Waals surface area (Å²) in [6.07, 6.45) is 1.39. The molecule has 194 valence electrons. The van der Waals surface area contributed by atoms with Gasteiger partial charge in [-0.2, -0.15) is 0 Å². The van der Waals surface area contributed by atoms with Crippen LogP contribution in [0.25, 0.3) is 33.6 Å². The highest BCUT2D eigenvalue weighted by atomic mass is 79.9. The van der Waals surface area contributed by atoms with Gasteiger partial charge in [0.2, 0.25) is 0 Å². The first-order chi connectivity index (χ1) is 17.3. The van der Waals surface area contributed by atoms with Gasteiger partial charge in [0.25, 0.3) is 0 Å². The number of nitrogens with one attached hydrogen (secondary N) is 2. The summed E-state index contributed by atoms with van der Waals surface area (Å²) in [7, 11) is 1.63. The fraction of sp³-hybridized carbons (Fsp3) is 0.379. The van der Waals surface area contributed by atoms with Gasteiger partial charge < -0.3 is 24.9 Å². The van der Waals surface area contributed by atoms with Crippen LogP contribution in [0.5, 0.6) is 5.75 Å². The number of nitrogens with zero attached hydrogens (tertiary/aromatic N) is 2. The molecule has 0 radical (unpaired) electrons. The highest BCUT2D eigenvalue weighted by Gasteiger charge is 2.32. The summed E-state index contributed by atoms with van der Waals surface area (Å²) in [6.45, 7) is 12.0. The van der Waals surface area contributed by atoms with Crippen LogP contribution >= 0.6 is 15.9 Å². The molecule has 2 aliphatic rings. The highest BCUT2D eigenvalue weighted by molar-refractivity contribution is 9.10. The molecule has 8 bridgehead atoms. The molecule has 2 aliphatic heterocycles. The van der Waals surface area contributed by atoms with Gasteiger partial charge in [-0.1, -0.05) is 27.7 Å². The van der Waals surface area contributed by atoms with Gasteiger partial charge in [-0.05, 0) is 54.0 Å². The van der Waals surface area contributed by atoms with E-state index in [1.54, 1.807) is 21.0 Å². The smallest absolute Gasteiger partial charge is 0.164 e. The first-order valence-electron chi connectivity index (χ1n) is 12.4. The number of hydrogen-bond donors (Lipinski definition) is 4. The number of aliphatic hydroxyl groups is 2. The molecule has 3 aromatic rings. The minimum absolute atomic E-state index is 0.199. The molecule has 8 heteroatoms. The van der Waals surface area contributed by atoms with E-state index in [9.17, 15) is 10.2 Å². The summed E-state index contributed by atoms with van der Waals surface area (Å²) in [6, 6.07) is 7.92. The van der Waals surface area contributed by atoms with Crippen LogP contribution in [0.2, 0.25) is 0 Å². The van der Waals surface area contributed by atoms with E-state index in [1.807, 2.05) is 24.3 Å². The van der Waals surface area contributed by atoms with Crippen LogP contribution in [0, 0.1) is 0 Å². The lowest BCUT2D eigenvalue weighted by molar-refractivity contribution is 0.409. The first-order valence-corrected chi connectivity index (χ1v) is 13.2. The zero-order chi connectivity index (χ0) is 26.9. The summed E-state index contributed by atoms with van der Waals surface area (Å²) in [4.78, 5) is 17.0. The van der Waals surface area contributed by atoms with Crippen LogP contribution in [0.1, 0.15) is 64.3 Å². The van der Waals surface area contributed by atoms with Crippen LogP contribution in [0.3, 0.4) is 0 Å². The van der Waals surface area contributed by atoms with Gasteiger partial charge in [-0.15, -0.1) is 0 Å². The molecule has 0 amide bonds. The number of hydrogen-bond acceptors (Lipinski definition) is 5. The third kappa shape index (κ3) is 4.31. The van der Waals surface area contributed by atoms with E-state index in [0.717, 1.165) is 55.4 Å². The van der Waals surface area contributed by atoms with Crippen molar-refractivity contribution in [3.05, 3.63) is 62.0 Å². The number of halogens is 1. The molecule has 5 rings (SSSR count). The van der Waals surface area contributed by atoms with Crippen molar-refractivity contribution in [3.8, 4) is 5.75 Å². The number of rotatable bonds is 1. The number of ether oxygens (including phenoxy) is 1. The molecular formula is C29H33BrN4O3. The Morgan fingerprint density at radius 2 is 1.27 bits per heavy atom. The van der Waals surface area contributed by atoms with Crippen LogP contribution in [-0.2, 0) is 23.7 Å². The Balaban J connectivity index is 2.06. The maximum Gasteiger partial charge on any atom is 0.164 e. The Morgan fingerprint density at radius 1 is 0.811 bits per heavy atom. The fourth-order valence-electron chi connectivity index (χ4n) is 5.24. The van der Waals surface area contributed by atoms with E-state index >= 15 is 0 Å². The van der Waals surface area contributed by atoms with E-state index < -0.39 is 0 Å². The van der Waals surface area contributed by atoms with Gasteiger partial charge in [0.15, 0.2) is 5.75 Å². The van der Waals surface area contributed by atoms with Crippen molar-refractivity contribution in [2.75, 3.05) is 7.11 Å². The van der Waals surface area contributed by atoms with E-state index in [2.05, 4.69) is 53.6 Å². The lowest BCUT2D eigenvalue weighted by atomic mass is 9.87. The maximum atomic E-state index is 10.5. The number of aliphatic hydroxyl groups excluding tert-OH is 2.